The molecule has 3 N–H and O–H groups in total. The topological polar surface area (TPSA) is 88.1 Å². The lowest BCUT2D eigenvalue weighted by Crippen LogP contribution is -2.53. The molecule has 0 radical (unpaired) electrons. The van der Waals surface area contributed by atoms with Crippen molar-refractivity contribution in [2.45, 2.75) is 25.9 Å². The number of rotatable bonds is 5. The Labute approximate surface area is 202 Å². The van der Waals surface area contributed by atoms with Gasteiger partial charge in [-0.2, -0.15) is 9.97 Å². The number of anilines is 2. The number of imidazole rings is 1. The maximum Gasteiger partial charge on any atom is 0.241 e. The van der Waals surface area contributed by atoms with Crippen molar-refractivity contribution in [2.24, 2.45) is 12.9 Å². The smallest absolute Gasteiger partial charge is 0.241 e. The predicted octanol–water partition coefficient (Wildman–Crippen LogP) is 3.54. The zero-order valence-corrected chi connectivity index (χ0v) is 19.9. The van der Waals surface area contributed by atoms with Crippen LogP contribution in [0.3, 0.4) is 0 Å². The molecule has 2 aromatic heterocycles. The minimum absolute atomic E-state index is 0.0817. The Kier molecular flexibility index (Phi) is 6.08. The van der Waals surface area contributed by atoms with Gasteiger partial charge in [-0.3, -0.25) is 10.3 Å². The van der Waals surface area contributed by atoms with Gasteiger partial charge in [0.2, 0.25) is 5.95 Å². The molecule has 0 saturated carbocycles. The SMILES string of the molecule is Cc1nc2c(N3CCN(C(c4ccc(F)cc4)c4ccc(F)cc4)CC3C)nc(NN)nc2n1C. The molecule has 5 rings (SSSR count). The second-order valence-corrected chi connectivity index (χ2v) is 8.95. The number of nitrogens with one attached hydrogen (secondary N) is 1. The summed E-state index contributed by atoms with van der Waals surface area (Å²) in [7, 11) is 1.92. The number of fused-ring (bicyclic) bond motifs is 1. The summed E-state index contributed by atoms with van der Waals surface area (Å²) in [6, 6.07) is 13.0. The summed E-state index contributed by atoms with van der Waals surface area (Å²) in [6.07, 6.45) is 0. The Bertz CT molecular complexity index is 1290. The molecule has 0 bridgehead atoms. The van der Waals surface area contributed by atoms with Crippen molar-refractivity contribution in [3.05, 3.63) is 77.1 Å². The van der Waals surface area contributed by atoms with Crippen molar-refractivity contribution in [1.82, 2.24) is 24.4 Å². The molecule has 2 aromatic carbocycles. The number of benzene rings is 2. The van der Waals surface area contributed by atoms with Gasteiger partial charge in [0.15, 0.2) is 17.0 Å². The molecule has 10 heteroatoms. The fraction of sp³-hybridized carbons (Fsp3) is 0.320. The first-order chi connectivity index (χ1) is 16.9. The van der Waals surface area contributed by atoms with Crippen LogP contribution in [0.2, 0.25) is 0 Å². The Morgan fingerprint density at radius 3 is 2.09 bits per heavy atom. The number of hydrogen-bond acceptors (Lipinski definition) is 7. The van der Waals surface area contributed by atoms with Gasteiger partial charge >= 0.3 is 0 Å². The number of hydrogen-bond donors (Lipinski definition) is 2. The first-order valence-corrected chi connectivity index (χ1v) is 11.5. The van der Waals surface area contributed by atoms with Crippen LogP contribution >= 0.6 is 0 Å². The molecule has 1 atom stereocenters. The van der Waals surface area contributed by atoms with Crippen LogP contribution in [-0.2, 0) is 7.05 Å². The van der Waals surface area contributed by atoms with E-state index in [0.717, 1.165) is 28.3 Å². The number of hydrazine groups is 1. The average Bonchev–Trinajstić information content (AvgIpc) is 3.15. The molecule has 182 valence electrons. The molecular weight excluding hydrogens is 450 g/mol. The zero-order chi connectivity index (χ0) is 24.7. The van der Waals surface area contributed by atoms with E-state index < -0.39 is 0 Å². The van der Waals surface area contributed by atoms with Crippen molar-refractivity contribution in [3.8, 4) is 0 Å². The third kappa shape index (κ3) is 4.30. The van der Waals surface area contributed by atoms with E-state index in [1.54, 1.807) is 24.3 Å². The Hall–Kier alpha value is -3.63. The lowest BCUT2D eigenvalue weighted by atomic mass is 9.95. The molecule has 0 spiro atoms. The molecule has 1 aliphatic heterocycles. The molecule has 0 amide bonds. The molecule has 0 aliphatic carbocycles. The number of aryl methyl sites for hydroxylation is 2. The molecule has 1 fully saturated rings. The van der Waals surface area contributed by atoms with Gasteiger partial charge in [0.25, 0.3) is 0 Å². The van der Waals surface area contributed by atoms with Crippen LogP contribution in [-0.4, -0.2) is 50.1 Å². The zero-order valence-electron chi connectivity index (χ0n) is 19.9. The lowest BCUT2D eigenvalue weighted by molar-refractivity contribution is 0.187. The highest BCUT2D eigenvalue weighted by Gasteiger charge is 2.32. The second-order valence-electron chi connectivity index (χ2n) is 8.95. The molecule has 3 heterocycles. The van der Waals surface area contributed by atoms with Crippen LogP contribution < -0.4 is 16.2 Å². The average molecular weight is 479 g/mol. The number of halogens is 2. The molecule has 35 heavy (non-hydrogen) atoms. The van der Waals surface area contributed by atoms with Crippen LogP contribution in [0.15, 0.2) is 48.5 Å². The summed E-state index contributed by atoms with van der Waals surface area (Å²) in [4.78, 5) is 18.4. The number of nitrogen functional groups attached to an aromatic ring is 1. The van der Waals surface area contributed by atoms with E-state index >= 15 is 0 Å². The minimum Gasteiger partial charge on any atom is -0.349 e. The maximum absolute atomic E-state index is 13.7. The largest absolute Gasteiger partial charge is 0.349 e. The van der Waals surface area contributed by atoms with Gasteiger partial charge in [-0.1, -0.05) is 24.3 Å². The Balaban J connectivity index is 1.49. The number of nitrogens with zero attached hydrogens (tertiary/aromatic N) is 6. The number of piperazine rings is 1. The summed E-state index contributed by atoms with van der Waals surface area (Å²) in [6.45, 7) is 6.18. The van der Waals surface area contributed by atoms with Gasteiger partial charge in [0.05, 0.1) is 6.04 Å². The van der Waals surface area contributed by atoms with Crippen LogP contribution in [0, 0.1) is 18.6 Å². The van der Waals surface area contributed by atoms with Crippen LogP contribution in [0.5, 0.6) is 0 Å². The predicted molar refractivity (Wildman–Crippen MR) is 132 cm³/mol. The third-order valence-corrected chi connectivity index (χ3v) is 6.72. The van der Waals surface area contributed by atoms with E-state index in [0.29, 0.717) is 31.2 Å². The fourth-order valence-corrected chi connectivity index (χ4v) is 4.86. The second kappa shape index (κ2) is 9.20. The van der Waals surface area contributed by atoms with E-state index in [4.69, 9.17) is 10.8 Å². The first kappa shape index (κ1) is 23.1. The van der Waals surface area contributed by atoms with Crippen LogP contribution in [0.4, 0.5) is 20.5 Å². The van der Waals surface area contributed by atoms with Crippen LogP contribution in [0.25, 0.3) is 11.2 Å². The standard InChI is InChI=1S/C25H28F2N8/c1-15-14-34(22(17-4-8-19(26)9-5-17)18-6-10-20(27)11-7-18)12-13-35(15)24-21-23(30-25(31-24)32-28)33(3)16(2)29-21/h4-11,15,22H,12-14,28H2,1-3H3,(H,30,31,32). The summed E-state index contributed by atoms with van der Waals surface area (Å²) in [5.41, 5.74) is 5.93. The van der Waals surface area contributed by atoms with Gasteiger partial charge < -0.3 is 9.47 Å². The van der Waals surface area contributed by atoms with Gasteiger partial charge in [0.1, 0.15) is 17.5 Å². The summed E-state index contributed by atoms with van der Waals surface area (Å²) in [5.74, 6) is 6.99. The maximum atomic E-state index is 13.7. The molecule has 1 aliphatic rings. The van der Waals surface area contributed by atoms with Gasteiger partial charge in [-0.05, 0) is 49.2 Å². The highest BCUT2D eigenvalue weighted by Crippen LogP contribution is 2.34. The normalized spacial score (nSPS) is 16.9. The molecule has 1 saturated heterocycles. The van der Waals surface area contributed by atoms with Crippen molar-refractivity contribution in [2.75, 3.05) is 30.0 Å². The van der Waals surface area contributed by atoms with Crippen LogP contribution in [0.1, 0.15) is 29.9 Å². The summed E-state index contributed by atoms with van der Waals surface area (Å²) < 4.78 is 29.2. The van der Waals surface area contributed by atoms with E-state index in [1.807, 2.05) is 18.5 Å². The quantitative estimate of drug-likeness (QED) is 0.335. The summed E-state index contributed by atoms with van der Waals surface area (Å²) >= 11 is 0. The van der Waals surface area contributed by atoms with Crippen molar-refractivity contribution in [1.29, 1.82) is 0 Å². The minimum atomic E-state index is -0.285. The van der Waals surface area contributed by atoms with Crippen molar-refractivity contribution < 1.29 is 8.78 Å². The third-order valence-electron chi connectivity index (χ3n) is 6.72. The Morgan fingerprint density at radius 1 is 0.943 bits per heavy atom. The van der Waals surface area contributed by atoms with Crippen molar-refractivity contribution in [3.63, 3.8) is 0 Å². The van der Waals surface area contributed by atoms with E-state index in [1.165, 1.54) is 24.3 Å². The van der Waals surface area contributed by atoms with E-state index in [-0.39, 0.29) is 23.7 Å². The summed E-state index contributed by atoms with van der Waals surface area (Å²) in [5, 5.41) is 0. The first-order valence-electron chi connectivity index (χ1n) is 11.5. The fourth-order valence-electron chi connectivity index (χ4n) is 4.86. The monoisotopic (exact) mass is 478 g/mol. The number of aromatic nitrogens is 4. The van der Waals surface area contributed by atoms with E-state index in [9.17, 15) is 8.78 Å². The Morgan fingerprint density at radius 2 is 1.54 bits per heavy atom. The molecule has 8 nitrogen and oxygen atoms in total. The van der Waals surface area contributed by atoms with E-state index in [2.05, 4.69) is 32.1 Å². The van der Waals surface area contributed by atoms with Gasteiger partial charge in [-0.15, -0.1) is 0 Å². The van der Waals surface area contributed by atoms with Gasteiger partial charge in [0, 0.05) is 32.7 Å². The lowest BCUT2D eigenvalue weighted by Gasteiger charge is -2.44. The molecule has 4 aromatic rings. The number of nitrogens with two attached hydrogens (primary N) is 1. The molecular formula is C25H28F2N8. The highest BCUT2D eigenvalue weighted by atomic mass is 19.1. The molecule has 1 unspecified atom stereocenters. The van der Waals surface area contributed by atoms with Crippen molar-refractivity contribution >= 4 is 22.9 Å². The highest BCUT2D eigenvalue weighted by molar-refractivity contribution is 5.85. The van der Waals surface area contributed by atoms with Gasteiger partial charge in [-0.25, -0.2) is 19.6 Å².